The standard InChI is InChI=1S/C19H14ClN5O2/c1-27-17-7-5-13(20)10-16(17)23-19(26)15-6-8-18(25-24-15)22-14-4-2-3-12(9-14)11-21/h2-10H,1H3,(H,22,25)(H,23,26). The number of hydrogen-bond donors (Lipinski definition) is 2. The van der Waals surface area contributed by atoms with Gasteiger partial charge in [0.2, 0.25) is 0 Å². The molecule has 7 nitrogen and oxygen atoms in total. The van der Waals surface area contributed by atoms with Gasteiger partial charge < -0.3 is 15.4 Å². The molecule has 1 amide bonds. The van der Waals surface area contributed by atoms with Gasteiger partial charge in [-0.3, -0.25) is 4.79 Å². The first-order valence-corrected chi connectivity index (χ1v) is 8.22. The van der Waals surface area contributed by atoms with Crippen molar-refractivity contribution in [1.82, 2.24) is 10.2 Å². The van der Waals surface area contributed by atoms with Crippen LogP contribution in [0.2, 0.25) is 5.02 Å². The number of ether oxygens (including phenoxy) is 1. The molecule has 0 aliphatic heterocycles. The van der Waals surface area contributed by atoms with Crippen LogP contribution in [0.25, 0.3) is 0 Å². The van der Waals surface area contributed by atoms with Crippen LogP contribution in [0.3, 0.4) is 0 Å². The van der Waals surface area contributed by atoms with Crippen molar-refractivity contribution in [3.05, 3.63) is 70.9 Å². The summed E-state index contributed by atoms with van der Waals surface area (Å²) < 4.78 is 5.20. The summed E-state index contributed by atoms with van der Waals surface area (Å²) in [5.41, 5.74) is 1.80. The molecule has 2 aromatic carbocycles. The Kier molecular flexibility index (Phi) is 5.50. The van der Waals surface area contributed by atoms with E-state index in [0.717, 1.165) is 0 Å². The molecule has 3 rings (SSSR count). The fraction of sp³-hybridized carbons (Fsp3) is 0.0526. The van der Waals surface area contributed by atoms with Crippen LogP contribution >= 0.6 is 11.6 Å². The molecule has 0 spiro atoms. The second kappa shape index (κ2) is 8.17. The number of carbonyl (C=O) groups excluding carboxylic acids is 1. The van der Waals surface area contributed by atoms with Crippen molar-refractivity contribution in [2.45, 2.75) is 0 Å². The molecular weight excluding hydrogens is 366 g/mol. The molecule has 0 saturated carbocycles. The van der Waals surface area contributed by atoms with E-state index in [4.69, 9.17) is 21.6 Å². The van der Waals surface area contributed by atoms with Gasteiger partial charge >= 0.3 is 0 Å². The molecule has 1 aromatic heterocycles. The number of rotatable bonds is 5. The van der Waals surface area contributed by atoms with Gasteiger partial charge in [0.05, 0.1) is 24.4 Å². The highest BCUT2D eigenvalue weighted by Crippen LogP contribution is 2.28. The van der Waals surface area contributed by atoms with Gasteiger partial charge in [0, 0.05) is 10.7 Å². The number of anilines is 3. The summed E-state index contributed by atoms with van der Waals surface area (Å²) in [4.78, 5) is 12.4. The lowest BCUT2D eigenvalue weighted by molar-refractivity contribution is 0.102. The zero-order valence-electron chi connectivity index (χ0n) is 14.2. The maximum absolute atomic E-state index is 12.4. The van der Waals surface area contributed by atoms with Crippen LogP contribution in [0.1, 0.15) is 16.1 Å². The van der Waals surface area contributed by atoms with E-state index in [0.29, 0.717) is 33.5 Å². The van der Waals surface area contributed by atoms with Gasteiger partial charge in [-0.15, -0.1) is 10.2 Å². The molecule has 0 aliphatic carbocycles. The Morgan fingerprint density at radius 2 is 2.00 bits per heavy atom. The highest BCUT2D eigenvalue weighted by Gasteiger charge is 2.12. The quantitative estimate of drug-likeness (QED) is 0.694. The third kappa shape index (κ3) is 4.51. The smallest absolute Gasteiger partial charge is 0.276 e. The van der Waals surface area contributed by atoms with Crippen molar-refractivity contribution in [1.29, 1.82) is 5.26 Å². The van der Waals surface area contributed by atoms with Crippen LogP contribution in [0.4, 0.5) is 17.2 Å². The van der Waals surface area contributed by atoms with E-state index in [1.807, 2.05) is 0 Å². The fourth-order valence-corrected chi connectivity index (χ4v) is 2.47. The highest BCUT2D eigenvalue weighted by molar-refractivity contribution is 6.31. The summed E-state index contributed by atoms with van der Waals surface area (Å²) in [6.07, 6.45) is 0. The SMILES string of the molecule is COc1ccc(Cl)cc1NC(=O)c1ccc(Nc2cccc(C#N)c2)nn1. The Morgan fingerprint density at radius 3 is 2.70 bits per heavy atom. The van der Waals surface area contributed by atoms with Crippen molar-refractivity contribution in [3.8, 4) is 11.8 Å². The molecule has 1 heterocycles. The number of methoxy groups -OCH3 is 1. The number of nitriles is 1. The van der Waals surface area contributed by atoms with E-state index in [2.05, 4.69) is 26.9 Å². The number of nitrogens with one attached hydrogen (secondary N) is 2. The van der Waals surface area contributed by atoms with Crippen LogP contribution in [0.15, 0.2) is 54.6 Å². The maximum Gasteiger partial charge on any atom is 0.276 e. The van der Waals surface area contributed by atoms with E-state index < -0.39 is 5.91 Å². The predicted molar refractivity (Wildman–Crippen MR) is 102 cm³/mol. The molecule has 2 N–H and O–H groups in total. The summed E-state index contributed by atoms with van der Waals surface area (Å²) >= 11 is 5.96. The summed E-state index contributed by atoms with van der Waals surface area (Å²) in [6, 6.07) is 17.1. The number of nitrogens with zero attached hydrogens (tertiary/aromatic N) is 3. The second-order valence-electron chi connectivity index (χ2n) is 5.42. The van der Waals surface area contributed by atoms with Crippen LogP contribution in [-0.2, 0) is 0 Å². The lowest BCUT2D eigenvalue weighted by Crippen LogP contribution is -2.15. The van der Waals surface area contributed by atoms with Gasteiger partial charge in [-0.05, 0) is 48.5 Å². The molecule has 0 saturated heterocycles. The van der Waals surface area contributed by atoms with E-state index >= 15 is 0 Å². The van der Waals surface area contributed by atoms with Crippen LogP contribution < -0.4 is 15.4 Å². The topological polar surface area (TPSA) is 99.9 Å². The molecule has 0 bridgehead atoms. The normalized spacial score (nSPS) is 9.96. The van der Waals surface area contributed by atoms with E-state index in [1.165, 1.54) is 13.2 Å². The van der Waals surface area contributed by atoms with Gasteiger partial charge in [0.1, 0.15) is 5.75 Å². The molecule has 0 atom stereocenters. The van der Waals surface area contributed by atoms with Crippen LogP contribution in [-0.4, -0.2) is 23.2 Å². The number of hydrogen-bond acceptors (Lipinski definition) is 6. The van der Waals surface area contributed by atoms with Crippen LogP contribution in [0.5, 0.6) is 5.75 Å². The Labute approximate surface area is 160 Å². The van der Waals surface area contributed by atoms with Gasteiger partial charge in [0.25, 0.3) is 5.91 Å². The minimum absolute atomic E-state index is 0.133. The van der Waals surface area contributed by atoms with Gasteiger partial charge in [0.15, 0.2) is 11.5 Å². The van der Waals surface area contributed by atoms with Crippen molar-refractivity contribution in [3.63, 3.8) is 0 Å². The Bertz CT molecular complexity index is 1020. The lowest BCUT2D eigenvalue weighted by atomic mass is 10.2. The minimum atomic E-state index is -0.443. The second-order valence-corrected chi connectivity index (χ2v) is 5.86. The van der Waals surface area contributed by atoms with Gasteiger partial charge in [-0.2, -0.15) is 5.26 Å². The largest absolute Gasteiger partial charge is 0.495 e. The van der Waals surface area contributed by atoms with Crippen LogP contribution in [0, 0.1) is 11.3 Å². The number of halogens is 1. The first kappa shape index (κ1) is 18.2. The third-order valence-electron chi connectivity index (χ3n) is 3.57. The first-order chi connectivity index (χ1) is 13.1. The Balaban J connectivity index is 1.72. The zero-order chi connectivity index (χ0) is 19.2. The summed E-state index contributed by atoms with van der Waals surface area (Å²) in [6.45, 7) is 0. The van der Waals surface area contributed by atoms with Crippen molar-refractivity contribution >= 4 is 34.7 Å². The number of carbonyl (C=O) groups is 1. The molecule has 27 heavy (non-hydrogen) atoms. The average molecular weight is 380 g/mol. The molecule has 0 radical (unpaired) electrons. The molecule has 3 aromatic rings. The number of aromatic nitrogens is 2. The molecule has 0 fully saturated rings. The number of benzene rings is 2. The van der Waals surface area contributed by atoms with Crippen molar-refractivity contribution in [2.24, 2.45) is 0 Å². The molecule has 134 valence electrons. The Hall–Kier alpha value is -3.63. The van der Waals surface area contributed by atoms with E-state index in [-0.39, 0.29) is 5.69 Å². The highest BCUT2D eigenvalue weighted by atomic mass is 35.5. The maximum atomic E-state index is 12.4. The van der Waals surface area contributed by atoms with E-state index in [1.54, 1.807) is 48.5 Å². The molecule has 8 heteroatoms. The summed E-state index contributed by atoms with van der Waals surface area (Å²) in [5, 5.41) is 23.0. The van der Waals surface area contributed by atoms with Crippen molar-refractivity contribution < 1.29 is 9.53 Å². The molecule has 0 aliphatic rings. The third-order valence-corrected chi connectivity index (χ3v) is 3.81. The zero-order valence-corrected chi connectivity index (χ0v) is 15.0. The van der Waals surface area contributed by atoms with E-state index in [9.17, 15) is 4.79 Å². The first-order valence-electron chi connectivity index (χ1n) is 7.85. The summed E-state index contributed by atoms with van der Waals surface area (Å²) in [5.74, 6) is 0.486. The molecule has 0 unspecified atom stereocenters. The predicted octanol–water partition coefficient (Wildman–Crippen LogP) is 4.01. The average Bonchev–Trinajstić information content (AvgIpc) is 2.69. The van der Waals surface area contributed by atoms with Gasteiger partial charge in [-0.25, -0.2) is 0 Å². The monoisotopic (exact) mass is 379 g/mol. The fourth-order valence-electron chi connectivity index (χ4n) is 2.30. The number of amides is 1. The van der Waals surface area contributed by atoms with Crippen molar-refractivity contribution in [2.75, 3.05) is 17.7 Å². The summed E-state index contributed by atoms with van der Waals surface area (Å²) in [7, 11) is 1.50. The lowest BCUT2D eigenvalue weighted by Gasteiger charge is -2.10. The Morgan fingerprint density at radius 1 is 1.15 bits per heavy atom. The molecular formula is C19H14ClN5O2. The minimum Gasteiger partial charge on any atom is -0.495 e. The van der Waals surface area contributed by atoms with Gasteiger partial charge in [-0.1, -0.05) is 17.7 Å².